The maximum absolute atomic E-state index is 12.0. The number of nitrogens with one attached hydrogen (secondary N) is 1. The van der Waals surface area contributed by atoms with Crippen molar-refractivity contribution in [3.8, 4) is 23.0 Å². The van der Waals surface area contributed by atoms with Crippen molar-refractivity contribution in [2.75, 3.05) is 27.9 Å². The number of rotatable bonds is 8. The van der Waals surface area contributed by atoms with Crippen LogP contribution in [0.25, 0.3) is 0 Å². The van der Waals surface area contributed by atoms with Crippen LogP contribution in [-0.2, 0) is 11.3 Å². The number of carbonyl (C=O) groups is 1. The van der Waals surface area contributed by atoms with E-state index in [4.69, 9.17) is 18.9 Å². The molecule has 0 heterocycles. The van der Waals surface area contributed by atoms with Gasteiger partial charge in [0.1, 0.15) is 11.5 Å². The van der Waals surface area contributed by atoms with Gasteiger partial charge in [0.25, 0.3) is 5.91 Å². The van der Waals surface area contributed by atoms with Gasteiger partial charge in [-0.3, -0.25) is 4.79 Å². The second-order valence-electron chi connectivity index (χ2n) is 5.04. The number of hydrogen-bond donors (Lipinski definition) is 1. The minimum atomic E-state index is -0.236. The number of methoxy groups -OCH3 is 3. The summed E-state index contributed by atoms with van der Waals surface area (Å²) in [5, 5.41) is 2.79. The Morgan fingerprint density at radius 2 is 1.56 bits per heavy atom. The van der Waals surface area contributed by atoms with Crippen LogP contribution in [0.1, 0.15) is 5.56 Å². The fraction of sp³-hybridized carbons (Fsp3) is 0.278. The molecule has 1 N–H and O–H groups in total. The summed E-state index contributed by atoms with van der Waals surface area (Å²) in [6.45, 7) is 0.212. The monoisotopic (exact) mass is 409 g/mol. The summed E-state index contributed by atoms with van der Waals surface area (Å²) < 4.78 is 22.2. The van der Waals surface area contributed by atoms with Gasteiger partial charge in [0.2, 0.25) is 0 Å². The maximum atomic E-state index is 12.0. The summed E-state index contributed by atoms with van der Waals surface area (Å²) >= 11 is 3.35. The van der Waals surface area contributed by atoms with E-state index in [-0.39, 0.29) is 19.1 Å². The van der Waals surface area contributed by atoms with Crippen LogP contribution < -0.4 is 24.3 Å². The zero-order valence-corrected chi connectivity index (χ0v) is 15.9. The largest absolute Gasteiger partial charge is 0.496 e. The molecule has 2 rings (SSSR count). The second kappa shape index (κ2) is 9.17. The normalized spacial score (nSPS) is 10.1. The first-order valence-corrected chi connectivity index (χ1v) is 8.30. The summed E-state index contributed by atoms with van der Waals surface area (Å²) in [6.07, 6.45) is 0. The van der Waals surface area contributed by atoms with Gasteiger partial charge in [0, 0.05) is 22.6 Å². The smallest absolute Gasteiger partial charge is 0.258 e. The molecule has 0 saturated carbocycles. The Kier molecular flexibility index (Phi) is 6.94. The number of hydrogen-bond acceptors (Lipinski definition) is 5. The molecule has 0 unspecified atom stereocenters. The lowest BCUT2D eigenvalue weighted by Gasteiger charge is -2.14. The molecule has 0 aromatic heterocycles. The molecular formula is C18H20BrNO5. The third-order valence-corrected chi connectivity index (χ3v) is 3.97. The lowest BCUT2D eigenvalue weighted by Crippen LogP contribution is -2.28. The van der Waals surface area contributed by atoms with Crippen molar-refractivity contribution >= 4 is 21.8 Å². The molecule has 0 aliphatic rings. The van der Waals surface area contributed by atoms with Crippen LogP contribution in [0.2, 0.25) is 0 Å². The van der Waals surface area contributed by atoms with Crippen molar-refractivity contribution < 1.29 is 23.7 Å². The molecule has 0 aliphatic carbocycles. The number of benzene rings is 2. The summed E-state index contributed by atoms with van der Waals surface area (Å²) in [4.78, 5) is 12.0. The molecule has 0 radical (unpaired) electrons. The van der Waals surface area contributed by atoms with E-state index < -0.39 is 0 Å². The summed E-state index contributed by atoms with van der Waals surface area (Å²) in [7, 11) is 4.67. The van der Waals surface area contributed by atoms with Gasteiger partial charge in [0.05, 0.1) is 21.3 Å². The Morgan fingerprint density at radius 3 is 2.16 bits per heavy atom. The minimum absolute atomic E-state index is 0.0722. The van der Waals surface area contributed by atoms with E-state index in [0.717, 1.165) is 10.0 Å². The predicted octanol–water partition coefficient (Wildman–Crippen LogP) is 3.17. The van der Waals surface area contributed by atoms with Crippen molar-refractivity contribution in [3.05, 3.63) is 46.4 Å². The molecular weight excluding hydrogens is 390 g/mol. The molecule has 0 bridgehead atoms. The molecule has 6 nitrogen and oxygen atoms in total. The molecule has 1 amide bonds. The molecule has 0 aliphatic heterocycles. The molecule has 25 heavy (non-hydrogen) atoms. The zero-order chi connectivity index (χ0) is 18.2. The second-order valence-corrected chi connectivity index (χ2v) is 5.95. The van der Waals surface area contributed by atoms with Crippen molar-refractivity contribution in [1.29, 1.82) is 0 Å². The van der Waals surface area contributed by atoms with E-state index in [0.29, 0.717) is 23.0 Å². The average molecular weight is 410 g/mol. The standard InChI is InChI=1S/C18H20BrNO5/c1-22-15-9-17(24-3)16(23-2)8-12(15)10-20-18(21)11-25-14-6-4-13(19)5-7-14/h4-9H,10-11H2,1-3H3,(H,20,21). The molecule has 0 fully saturated rings. The Morgan fingerprint density at radius 1 is 0.960 bits per heavy atom. The fourth-order valence-corrected chi connectivity index (χ4v) is 2.42. The maximum Gasteiger partial charge on any atom is 0.258 e. The SMILES string of the molecule is COc1cc(OC)c(OC)cc1CNC(=O)COc1ccc(Br)cc1. The van der Waals surface area contributed by atoms with Gasteiger partial charge in [-0.15, -0.1) is 0 Å². The van der Waals surface area contributed by atoms with Crippen molar-refractivity contribution in [2.24, 2.45) is 0 Å². The molecule has 0 saturated heterocycles. The predicted molar refractivity (Wildman–Crippen MR) is 97.6 cm³/mol. The van der Waals surface area contributed by atoms with Crippen LogP contribution in [0.3, 0.4) is 0 Å². The highest BCUT2D eigenvalue weighted by Gasteiger charge is 2.13. The molecule has 0 atom stereocenters. The molecule has 2 aromatic carbocycles. The lowest BCUT2D eigenvalue weighted by atomic mass is 10.1. The highest BCUT2D eigenvalue weighted by atomic mass is 79.9. The third-order valence-electron chi connectivity index (χ3n) is 3.45. The number of ether oxygens (including phenoxy) is 4. The first-order valence-electron chi connectivity index (χ1n) is 7.51. The van der Waals surface area contributed by atoms with Crippen LogP contribution >= 0.6 is 15.9 Å². The van der Waals surface area contributed by atoms with E-state index in [1.807, 2.05) is 12.1 Å². The molecule has 134 valence electrons. The van der Waals surface area contributed by atoms with E-state index >= 15 is 0 Å². The van der Waals surface area contributed by atoms with Crippen molar-refractivity contribution in [2.45, 2.75) is 6.54 Å². The third kappa shape index (κ3) is 5.29. The van der Waals surface area contributed by atoms with E-state index in [1.165, 1.54) is 0 Å². The summed E-state index contributed by atoms with van der Waals surface area (Å²) in [5.41, 5.74) is 0.775. The molecule has 7 heteroatoms. The van der Waals surface area contributed by atoms with Crippen LogP contribution in [0, 0.1) is 0 Å². The average Bonchev–Trinajstić information content (AvgIpc) is 2.65. The number of halogens is 1. The first kappa shape index (κ1) is 18.9. The summed E-state index contributed by atoms with van der Waals surface area (Å²) in [6, 6.07) is 10.8. The van der Waals surface area contributed by atoms with Crippen LogP contribution in [0.15, 0.2) is 40.9 Å². The Labute approximate surface area is 155 Å². The highest BCUT2D eigenvalue weighted by Crippen LogP contribution is 2.34. The van der Waals surface area contributed by atoms with E-state index in [1.54, 1.807) is 45.6 Å². The van der Waals surface area contributed by atoms with Gasteiger partial charge in [-0.25, -0.2) is 0 Å². The topological polar surface area (TPSA) is 66.0 Å². The van der Waals surface area contributed by atoms with Crippen LogP contribution in [-0.4, -0.2) is 33.8 Å². The van der Waals surface area contributed by atoms with Gasteiger partial charge in [0.15, 0.2) is 18.1 Å². The van der Waals surface area contributed by atoms with Gasteiger partial charge in [-0.05, 0) is 30.3 Å². The van der Waals surface area contributed by atoms with Gasteiger partial charge in [-0.1, -0.05) is 15.9 Å². The molecule has 2 aromatic rings. The summed E-state index contributed by atoms with van der Waals surface area (Å²) in [5.74, 6) is 2.13. The van der Waals surface area contributed by atoms with E-state index in [2.05, 4.69) is 21.2 Å². The quantitative estimate of drug-likeness (QED) is 0.725. The lowest BCUT2D eigenvalue weighted by molar-refractivity contribution is -0.123. The van der Waals surface area contributed by atoms with Crippen LogP contribution in [0.5, 0.6) is 23.0 Å². The highest BCUT2D eigenvalue weighted by molar-refractivity contribution is 9.10. The molecule has 0 spiro atoms. The minimum Gasteiger partial charge on any atom is -0.496 e. The first-order chi connectivity index (χ1) is 12.1. The Hall–Kier alpha value is -2.41. The Bertz CT molecular complexity index is 718. The zero-order valence-electron chi connectivity index (χ0n) is 14.3. The van der Waals surface area contributed by atoms with Crippen molar-refractivity contribution in [1.82, 2.24) is 5.32 Å². The van der Waals surface area contributed by atoms with Gasteiger partial charge < -0.3 is 24.3 Å². The fourth-order valence-electron chi connectivity index (χ4n) is 2.16. The number of carbonyl (C=O) groups excluding carboxylic acids is 1. The van der Waals surface area contributed by atoms with Gasteiger partial charge in [-0.2, -0.15) is 0 Å². The van der Waals surface area contributed by atoms with Crippen LogP contribution in [0.4, 0.5) is 0 Å². The van der Waals surface area contributed by atoms with Crippen molar-refractivity contribution in [3.63, 3.8) is 0 Å². The van der Waals surface area contributed by atoms with E-state index in [9.17, 15) is 4.79 Å². The Balaban J connectivity index is 1.95. The number of amides is 1. The van der Waals surface area contributed by atoms with Gasteiger partial charge >= 0.3 is 0 Å².